The number of rotatable bonds is 6. The summed E-state index contributed by atoms with van der Waals surface area (Å²) in [5.74, 6) is 0. The molecule has 0 spiro atoms. The Hall–Kier alpha value is -0.0900. The fourth-order valence-corrected chi connectivity index (χ4v) is 4.16. The Labute approximate surface area is 142 Å². The van der Waals surface area contributed by atoms with Crippen molar-refractivity contribution in [2.45, 2.75) is 51.1 Å². The number of piperidine rings is 1. The molecule has 0 bridgehead atoms. The van der Waals surface area contributed by atoms with Gasteiger partial charge in [-0.2, -0.15) is 0 Å². The molecule has 1 aromatic rings. The van der Waals surface area contributed by atoms with Crippen LogP contribution in [-0.4, -0.2) is 31.1 Å². The molecule has 2 atom stereocenters. The molecule has 0 amide bonds. The maximum atomic E-state index is 6.40. The Morgan fingerprint density at radius 1 is 1.43 bits per heavy atom. The standard InChI is InChI=1S/C17H26BrClN2/c1-3-14-6-4-5-10-21(14)11-9-17(20-2)15-8-7-13(18)12-16(15)19/h7-8,12,14,17,20H,3-6,9-11H2,1-2H3. The van der Waals surface area contributed by atoms with Crippen LogP contribution in [0.5, 0.6) is 0 Å². The van der Waals surface area contributed by atoms with Crippen molar-refractivity contribution in [1.82, 2.24) is 10.2 Å². The Bertz CT molecular complexity index is 452. The molecule has 1 heterocycles. The SMILES string of the molecule is CCC1CCCCN1CCC(NC)c1ccc(Br)cc1Cl. The first-order valence-electron chi connectivity index (χ1n) is 8.02. The first-order valence-corrected chi connectivity index (χ1v) is 9.19. The fraction of sp³-hybridized carbons (Fsp3) is 0.647. The number of hydrogen-bond donors (Lipinski definition) is 1. The molecule has 4 heteroatoms. The summed E-state index contributed by atoms with van der Waals surface area (Å²) >= 11 is 9.87. The van der Waals surface area contributed by atoms with Gasteiger partial charge in [0.1, 0.15) is 0 Å². The molecule has 21 heavy (non-hydrogen) atoms. The number of nitrogens with one attached hydrogen (secondary N) is 1. The molecule has 2 nitrogen and oxygen atoms in total. The van der Waals surface area contributed by atoms with Gasteiger partial charge in [-0.15, -0.1) is 0 Å². The molecule has 1 fully saturated rings. The first-order chi connectivity index (χ1) is 10.2. The second kappa shape index (κ2) is 8.52. The molecule has 0 saturated carbocycles. The van der Waals surface area contributed by atoms with Crippen molar-refractivity contribution >= 4 is 27.5 Å². The van der Waals surface area contributed by atoms with E-state index in [-0.39, 0.29) is 0 Å². The number of hydrogen-bond acceptors (Lipinski definition) is 2. The zero-order valence-corrected chi connectivity index (χ0v) is 15.4. The normalized spacial score (nSPS) is 21.4. The second-order valence-corrected chi connectivity index (χ2v) is 7.21. The molecular weight excluding hydrogens is 348 g/mol. The van der Waals surface area contributed by atoms with Gasteiger partial charge in [0, 0.05) is 28.1 Å². The third kappa shape index (κ3) is 4.69. The lowest BCUT2D eigenvalue weighted by atomic mass is 9.98. The van der Waals surface area contributed by atoms with Crippen LogP contribution in [-0.2, 0) is 0 Å². The molecule has 0 radical (unpaired) electrons. The van der Waals surface area contributed by atoms with E-state index in [1.54, 1.807) is 0 Å². The van der Waals surface area contributed by atoms with Gasteiger partial charge in [0.05, 0.1) is 0 Å². The Kier molecular flexibility index (Phi) is 7.00. The highest BCUT2D eigenvalue weighted by molar-refractivity contribution is 9.10. The quantitative estimate of drug-likeness (QED) is 0.753. The van der Waals surface area contributed by atoms with E-state index in [9.17, 15) is 0 Å². The van der Waals surface area contributed by atoms with Gasteiger partial charge >= 0.3 is 0 Å². The third-order valence-electron chi connectivity index (χ3n) is 4.61. The molecule has 1 aliphatic rings. The van der Waals surface area contributed by atoms with E-state index in [1.165, 1.54) is 37.8 Å². The Balaban J connectivity index is 1.98. The first kappa shape index (κ1) is 17.3. The monoisotopic (exact) mass is 372 g/mol. The van der Waals surface area contributed by atoms with Crippen LogP contribution in [0, 0.1) is 0 Å². The van der Waals surface area contributed by atoms with Gasteiger partial charge in [0.25, 0.3) is 0 Å². The highest BCUT2D eigenvalue weighted by atomic mass is 79.9. The molecule has 1 N–H and O–H groups in total. The van der Waals surface area contributed by atoms with Gasteiger partial charge < -0.3 is 10.2 Å². The summed E-state index contributed by atoms with van der Waals surface area (Å²) in [6, 6.07) is 7.28. The molecular formula is C17H26BrClN2. The summed E-state index contributed by atoms with van der Waals surface area (Å²) in [7, 11) is 2.02. The second-order valence-electron chi connectivity index (χ2n) is 5.89. The van der Waals surface area contributed by atoms with Gasteiger partial charge in [-0.05, 0) is 57.0 Å². The summed E-state index contributed by atoms with van der Waals surface area (Å²) in [5.41, 5.74) is 1.20. The van der Waals surface area contributed by atoms with E-state index in [2.05, 4.69) is 45.2 Å². The molecule has 0 aliphatic carbocycles. The van der Waals surface area contributed by atoms with Crippen molar-refractivity contribution in [2.75, 3.05) is 20.1 Å². The maximum absolute atomic E-state index is 6.40. The number of likely N-dealkylation sites (tertiary alicyclic amines) is 1. The van der Waals surface area contributed by atoms with Gasteiger partial charge in [-0.1, -0.05) is 46.9 Å². The number of halogens is 2. The van der Waals surface area contributed by atoms with E-state index in [1.807, 2.05) is 13.1 Å². The van der Waals surface area contributed by atoms with Crippen LogP contribution in [0.3, 0.4) is 0 Å². The van der Waals surface area contributed by atoms with Crippen molar-refractivity contribution in [3.8, 4) is 0 Å². The van der Waals surface area contributed by atoms with E-state index in [4.69, 9.17) is 11.6 Å². The predicted molar refractivity (Wildman–Crippen MR) is 95.1 cm³/mol. The van der Waals surface area contributed by atoms with Crippen LogP contribution in [0.15, 0.2) is 22.7 Å². The average molecular weight is 374 g/mol. The minimum atomic E-state index is 0.324. The largest absolute Gasteiger partial charge is 0.313 e. The van der Waals surface area contributed by atoms with Crippen molar-refractivity contribution in [3.63, 3.8) is 0 Å². The van der Waals surface area contributed by atoms with Crippen LogP contribution in [0.2, 0.25) is 5.02 Å². The van der Waals surface area contributed by atoms with Crippen LogP contribution < -0.4 is 5.32 Å². The van der Waals surface area contributed by atoms with E-state index >= 15 is 0 Å². The highest BCUT2D eigenvalue weighted by Crippen LogP contribution is 2.29. The maximum Gasteiger partial charge on any atom is 0.0465 e. The van der Waals surface area contributed by atoms with E-state index in [0.29, 0.717) is 6.04 Å². The van der Waals surface area contributed by atoms with Crippen molar-refractivity contribution < 1.29 is 0 Å². The summed E-state index contributed by atoms with van der Waals surface area (Å²) in [4.78, 5) is 2.67. The molecule has 0 aromatic heterocycles. The van der Waals surface area contributed by atoms with Crippen LogP contribution in [0.4, 0.5) is 0 Å². The van der Waals surface area contributed by atoms with Gasteiger partial charge in [-0.3, -0.25) is 0 Å². The van der Waals surface area contributed by atoms with Gasteiger partial charge in [-0.25, -0.2) is 0 Å². The minimum absolute atomic E-state index is 0.324. The average Bonchev–Trinajstić information content (AvgIpc) is 2.50. The zero-order valence-electron chi connectivity index (χ0n) is 13.0. The predicted octanol–water partition coefficient (Wildman–Crippen LogP) is 5.02. The summed E-state index contributed by atoms with van der Waals surface area (Å²) in [5, 5.41) is 4.27. The van der Waals surface area contributed by atoms with Crippen molar-refractivity contribution in [3.05, 3.63) is 33.3 Å². The van der Waals surface area contributed by atoms with Gasteiger partial charge in [0.2, 0.25) is 0 Å². The van der Waals surface area contributed by atoms with Crippen LogP contribution in [0.25, 0.3) is 0 Å². The molecule has 2 rings (SSSR count). The summed E-state index contributed by atoms with van der Waals surface area (Å²) in [6.07, 6.45) is 6.47. The highest BCUT2D eigenvalue weighted by Gasteiger charge is 2.22. The molecule has 1 aromatic carbocycles. The lowest BCUT2D eigenvalue weighted by Gasteiger charge is -2.36. The van der Waals surface area contributed by atoms with Crippen molar-refractivity contribution in [1.29, 1.82) is 0 Å². The van der Waals surface area contributed by atoms with Crippen LogP contribution >= 0.6 is 27.5 Å². The Morgan fingerprint density at radius 3 is 2.90 bits per heavy atom. The van der Waals surface area contributed by atoms with Crippen molar-refractivity contribution in [2.24, 2.45) is 0 Å². The van der Waals surface area contributed by atoms with Crippen LogP contribution in [0.1, 0.15) is 50.6 Å². The van der Waals surface area contributed by atoms with Gasteiger partial charge in [0.15, 0.2) is 0 Å². The van der Waals surface area contributed by atoms with E-state index < -0.39 is 0 Å². The summed E-state index contributed by atoms with van der Waals surface area (Å²) in [6.45, 7) is 4.71. The number of benzene rings is 1. The Morgan fingerprint density at radius 2 is 2.24 bits per heavy atom. The third-order valence-corrected chi connectivity index (χ3v) is 5.43. The fourth-order valence-electron chi connectivity index (χ4n) is 3.35. The minimum Gasteiger partial charge on any atom is -0.313 e. The molecule has 118 valence electrons. The molecule has 1 saturated heterocycles. The van der Waals surface area contributed by atoms with E-state index in [0.717, 1.165) is 28.5 Å². The zero-order chi connectivity index (χ0) is 15.2. The number of nitrogens with zero attached hydrogens (tertiary/aromatic N) is 1. The summed E-state index contributed by atoms with van der Waals surface area (Å²) < 4.78 is 1.04. The molecule has 1 aliphatic heterocycles. The topological polar surface area (TPSA) is 15.3 Å². The molecule has 2 unspecified atom stereocenters. The lowest BCUT2D eigenvalue weighted by molar-refractivity contribution is 0.138. The smallest absolute Gasteiger partial charge is 0.0465 e. The lowest BCUT2D eigenvalue weighted by Crippen LogP contribution is -2.40.